The molecule has 20 heavy (non-hydrogen) atoms. The Labute approximate surface area is 113 Å². The molecule has 0 radical (unpaired) electrons. The average Bonchev–Trinajstić information content (AvgIpc) is 2.82. The third kappa shape index (κ3) is 1.78. The minimum Gasteiger partial charge on any atom is -0.497 e. The topological polar surface area (TPSA) is 85.7 Å². The van der Waals surface area contributed by atoms with E-state index in [1.54, 1.807) is 31.4 Å². The molecule has 0 aliphatic carbocycles. The SMILES string of the molecule is COc1ccc2oc3cc([N+](=O)[O-])c(CO)cc3c2c1. The van der Waals surface area contributed by atoms with Crippen molar-refractivity contribution in [3.63, 3.8) is 0 Å². The summed E-state index contributed by atoms with van der Waals surface area (Å²) < 4.78 is 10.8. The lowest BCUT2D eigenvalue weighted by Gasteiger charge is -2.00. The number of methoxy groups -OCH3 is 1. The Morgan fingerprint density at radius 1 is 1.25 bits per heavy atom. The molecule has 3 aromatic rings. The Bertz CT molecular complexity index is 821. The maximum Gasteiger partial charge on any atom is 0.278 e. The lowest BCUT2D eigenvalue weighted by Crippen LogP contribution is -1.94. The summed E-state index contributed by atoms with van der Waals surface area (Å²) in [7, 11) is 1.56. The van der Waals surface area contributed by atoms with Gasteiger partial charge in [-0.25, -0.2) is 0 Å². The molecule has 0 bridgehead atoms. The number of hydrogen-bond acceptors (Lipinski definition) is 5. The van der Waals surface area contributed by atoms with Crippen LogP contribution < -0.4 is 4.74 Å². The first kappa shape index (κ1) is 12.4. The van der Waals surface area contributed by atoms with Gasteiger partial charge in [-0.1, -0.05) is 0 Å². The first-order valence-corrected chi connectivity index (χ1v) is 5.92. The maximum atomic E-state index is 11.0. The number of nitro benzene ring substituents is 1. The Balaban J connectivity index is 2.37. The molecule has 0 spiro atoms. The minimum absolute atomic E-state index is 0.147. The van der Waals surface area contributed by atoms with Crippen molar-refractivity contribution >= 4 is 27.6 Å². The summed E-state index contributed by atoms with van der Waals surface area (Å²) in [5.41, 5.74) is 1.14. The van der Waals surface area contributed by atoms with Crippen LogP contribution in [-0.2, 0) is 6.61 Å². The smallest absolute Gasteiger partial charge is 0.278 e. The van der Waals surface area contributed by atoms with Crippen molar-refractivity contribution in [2.24, 2.45) is 0 Å². The van der Waals surface area contributed by atoms with Gasteiger partial charge < -0.3 is 14.3 Å². The molecule has 0 saturated heterocycles. The van der Waals surface area contributed by atoms with Crippen molar-refractivity contribution in [2.75, 3.05) is 7.11 Å². The van der Waals surface area contributed by atoms with Gasteiger partial charge in [-0.05, 0) is 24.3 Å². The fourth-order valence-corrected chi connectivity index (χ4v) is 2.26. The number of nitrogens with zero attached hydrogens (tertiary/aromatic N) is 1. The van der Waals surface area contributed by atoms with Gasteiger partial charge in [-0.2, -0.15) is 0 Å². The Morgan fingerprint density at radius 2 is 2.00 bits per heavy atom. The first-order chi connectivity index (χ1) is 9.63. The molecular weight excluding hydrogens is 262 g/mol. The van der Waals surface area contributed by atoms with E-state index in [1.807, 2.05) is 0 Å². The summed E-state index contributed by atoms with van der Waals surface area (Å²) in [4.78, 5) is 10.4. The van der Waals surface area contributed by atoms with Gasteiger partial charge in [0.15, 0.2) is 0 Å². The zero-order valence-corrected chi connectivity index (χ0v) is 10.6. The van der Waals surface area contributed by atoms with Crippen molar-refractivity contribution in [2.45, 2.75) is 6.61 Å². The molecule has 0 fully saturated rings. The molecule has 1 heterocycles. The molecule has 1 N–H and O–H groups in total. The molecule has 0 aliphatic heterocycles. The van der Waals surface area contributed by atoms with Gasteiger partial charge in [-0.15, -0.1) is 0 Å². The first-order valence-electron chi connectivity index (χ1n) is 5.92. The molecule has 3 rings (SSSR count). The summed E-state index contributed by atoms with van der Waals surface area (Å²) in [6, 6.07) is 8.23. The third-order valence-corrected chi connectivity index (χ3v) is 3.24. The standard InChI is InChI=1S/C14H11NO5/c1-19-9-2-3-13-11(5-9)10-4-8(7-16)12(15(17)18)6-14(10)20-13/h2-6,16H,7H2,1H3. The second-order valence-corrected chi connectivity index (χ2v) is 4.36. The van der Waals surface area contributed by atoms with E-state index < -0.39 is 11.5 Å². The van der Waals surface area contributed by atoms with E-state index in [0.717, 1.165) is 5.39 Å². The summed E-state index contributed by atoms with van der Waals surface area (Å²) in [5, 5.41) is 21.8. The Hall–Kier alpha value is -2.60. The second kappa shape index (κ2) is 4.50. The van der Waals surface area contributed by atoms with Crippen molar-refractivity contribution in [1.29, 1.82) is 0 Å². The fourth-order valence-electron chi connectivity index (χ4n) is 2.26. The van der Waals surface area contributed by atoms with Gasteiger partial charge in [0.05, 0.1) is 30.3 Å². The zero-order chi connectivity index (χ0) is 14.3. The molecular formula is C14H11NO5. The summed E-state index contributed by atoms with van der Waals surface area (Å²) in [5.74, 6) is 0.670. The van der Waals surface area contributed by atoms with Crippen molar-refractivity contribution in [3.05, 3.63) is 46.0 Å². The van der Waals surface area contributed by atoms with Crippen LogP contribution in [0.1, 0.15) is 5.56 Å². The molecule has 102 valence electrons. The number of ether oxygens (including phenoxy) is 1. The van der Waals surface area contributed by atoms with Crippen molar-refractivity contribution in [3.8, 4) is 5.75 Å². The fraction of sp³-hybridized carbons (Fsp3) is 0.143. The van der Waals surface area contributed by atoms with Crippen LogP contribution in [-0.4, -0.2) is 17.1 Å². The van der Waals surface area contributed by atoms with Crippen LogP contribution in [0, 0.1) is 10.1 Å². The average molecular weight is 273 g/mol. The highest BCUT2D eigenvalue weighted by atomic mass is 16.6. The number of aliphatic hydroxyl groups is 1. The molecule has 2 aromatic carbocycles. The van der Waals surface area contributed by atoms with Crippen LogP contribution in [0.25, 0.3) is 21.9 Å². The molecule has 0 saturated carbocycles. The summed E-state index contributed by atoms with van der Waals surface area (Å²) >= 11 is 0. The van der Waals surface area contributed by atoms with E-state index in [2.05, 4.69) is 0 Å². The normalized spacial score (nSPS) is 11.1. The Kier molecular flexibility index (Phi) is 2.80. The van der Waals surface area contributed by atoms with Crippen molar-refractivity contribution < 1.29 is 19.2 Å². The number of nitro groups is 1. The minimum atomic E-state index is -0.529. The zero-order valence-electron chi connectivity index (χ0n) is 10.6. The van der Waals surface area contributed by atoms with Crippen molar-refractivity contribution in [1.82, 2.24) is 0 Å². The molecule has 0 aliphatic rings. The largest absolute Gasteiger partial charge is 0.497 e. The quantitative estimate of drug-likeness (QED) is 0.585. The predicted molar refractivity (Wildman–Crippen MR) is 72.8 cm³/mol. The van der Waals surface area contributed by atoms with Crippen LogP contribution in [0.5, 0.6) is 5.75 Å². The number of benzene rings is 2. The highest BCUT2D eigenvalue weighted by Gasteiger charge is 2.18. The van der Waals surface area contributed by atoms with E-state index in [-0.39, 0.29) is 11.3 Å². The number of hydrogen-bond donors (Lipinski definition) is 1. The summed E-state index contributed by atoms with van der Waals surface area (Å²) in [6.45, 7) is -0.400. The van der Waals surface area contributed by atoms with E-state index in [0.29, 0.717) is 22.3 Å². The van der Waals surface area contributed by atoms with Crippen LogP contribution in [0.2, 0.25) is 0 Å². The number of furan rings is 1. The monoisotopic (exact) mass is 273 g/mol. The lowest BCUT2D eigenvalue weighted by molar-refractivity contribution is -0.385. The lowest BCUT2D eigenvalue weighted by atomic mass is 10.1. The number of aliphatic hydroxyl groups excluding tert-OH is 1. The van der Waals surface area contributed by atoms with Gasteiger partial charge in [0, 0.05) is 10.8 Å². The van der Waals surface area contributed by atoms with E-state index in [4.69, 9.17) is 9.15 Å². The van der Waals surface area contributed by atoms with E-state index in [9.17, 15) is 15.2 Å². The van der Waals surface area contributed by atoms with Crippen LogP contribution >= 0.6 is 0 Å². The van der Waals surface area contributed by atoms with Gasteiger partial charge >= 0.3 is 0 Å². The summed E-state index contributed by atoms with van der Waals surface area (Å²) in [6.07, 6.45) is 0. The molecule has 0 amide bonds. The maximum absolute atomic E-state index is 11.0. The second-order valence-electron chi connectivity index (χ2n) is 4.36. The number of rotatable bonds is 3. The predicted octanol–water partition coefficient (Wildman–Crippen LogP) is 3.00. The Morgan fingerprint density at radius 3 is 2.65 bits per heavy atom. The van der Waals surface area contributed by atoms with Crippen LogP contribution in [0.4, 0.5) is 5.69 Å². The third-order valence-electron chi connectivity index (χ3n) is 3.24. The highest BCUT2D eigenvalue weighted by molar-refractivity contribution is 6.06. The van der Waals surface area contributed by atoms with Gasteiger partial charge in [0.2, 0.25) is 0 Å². The number of fused-ring (bicyclic) bond motifs is 3. The molecule has 0 unspecified atom stereocenters. The van der Waals surface area contributed by atoms with Gasteiger partial charge in [0.25, 0.3) is 5.69 Å². The molecule has 0 atom stereocenters. The molecule has 6 nitrogen and oxygen atoms in total. The van der Waals surface area contributed by atoms with Crippen LogP contribution in [0.15, 0.2) is 34.7 Å². The van der Waals surface area contributed by atoms with Gasteiger partial charge in [-0.3, -0.25) is 10.1 Å². The van der Waals surface area contributed by atoms with Crippen LogP contribution in [0.3, 0.4) is 0 Å². The molecule has 6 heteroatoms. The molecule has 1 aromatic heterocycles. The van der Waals surface area contributed by atoms with E-state index >= 15 is 0 Å². The van der Waals surface area contributed by atoms with Gasteiger partial charge in [0.1, 0.15) is 16.9 Å². The highest BCUT2D eigenvalue weighted by Crippen LogP contribution is 2.35. The van der Waals surface area contributed by atoms with E-state index in [1.165, 1.54) is 6.07 Å².